The van der Waals surface area contributed by atoms with Gasteiger partial charge in [0.2, 0.25) is 0 Å². The molecule has 0 bridgehead atoms. The number of carbonyl (C=O) groups is 1. The zero-order valence-corrected chi connectivity index (χ0v) is 15.5. The Hall–Kier alpha value is -2.67. The normalized spacial score (nSPS) is 16.2. The molecule has 140 valence electrons. The van der Waals surface area contributed by atoms with Gasteiger partial charge < -0.3 is 9.84 Å². The third-order valence-electron chi connectivity index (χ3n) is 4.77. The molecule has 0 saturated heterocycles. The molecule has 2 heterocycles. The van der Waals surface area contributed by atoms with Gasteiger partial charge in [0.25, 0.3) is 5.91 Å². The van der Waals surface area contributed by atoms with E-state index in [0.29, 0.717) is 27.9 Å². The molecule has 1 atom stereocenters. The Balaban J connectivity index is 1.48. The number of nitrogens with zero attached hydrogens (tertiary/aromatic N) is 3. The second kappa shape index (κ2) is 7.15. The van der Waals surface area contributed by atoms with Crippen LogP contribution in [0.15, 0.2) is 35.1 Å². The van der Waals surface area contributed by atoms with E-state index in [1.165, 1.54) is 16.9 Å². The SMILES string of the molecule is CC1CCc2onc(C(=O)Nc3cnn(Cc4c(F)cccc4Cl)c3)c2C1. The molecule has 1 amide bonds. The van der Waals surface area contributed by atoms with E-state index in [9.17, 15) is 9.18 Å². The minimum absolute atomic E-state index is 0.165. The fourth-order valence-corrected chi connectivity index (χ4v) is 3.53. The van der Waals surface area contributed by atoms with Crippen LogP contribution in [0.2, 0.25) is 5.02 Å². The second-order valence-corrected chi connectivity index (χ2v) is 7.27. The molecular weight excluding hydrogens is 371 g/mol. The maximum absolute atomic E-state index is 13.9. The van der Waals surface area contributed by atoms with Crippen LogP contribution >= 0.6 is 11.6 Å². The highest BCUT2D eigenvalue weighted by Gasteiger charge is 2.27. The number of halogens is 2. The molecule has 4 rings (SSSR count). The number of aromatic nitrogens is 3. The van der Waals surface area contributed by atoms with Gasteiger partial charge in [0.05, 0.1) is 18.4 Å². The van der Waals surface area contributed by atoms with Gasteiger partial charge in [-0.15, -0.1) is 0 Å². The molecule has 0 radical (unpaired) electrons. The lowest BCUT2D eigenvalue weighted by molar-refractivity contribution is 0.101. The van der Waals surface area contributed by atoms with E-state index in [1.54, 1.807) is 18.3 Å². The maximum Gasteiger partial charge on any atom is 0.278 e. The summed E-state index contributed by atoms with van der Waals surface area (Å²) in [5.41, 5.74) is 2.05. The third kappa shape index (κ3) is 3.60. The molecule has 1 unspecified atom stereocenters. The Bertz CT molecular complexity index is 977. The highest BCUT2D eigenvalue weighted by Crippen LogP contribution is 2.28. The number of anilines is 1. The maximum atomic E-state index is 13.9. The smallest absolute Gasteiger partial charge is 0.278 e. The number of nitrogens with one attached hydrogen (secondary N) is 1. The summed E-state index contributed by atoms with van der Waals surface area (Å²) in [6.45, 7) is 2.31. The Morgan fingerprint density at radius 2 is 2.33 bits per heavy atom. The molecule has 2 aromatic heterocycles. The zero-order chi connectivity index (χ0) is 19.0. The van der Waals surface area contributed by atoms with Gasteiger partial charge in [-0.1, -0.05) is 29.7 Å². The Labute approximate surface area is 160 Å². The van der Waals surface area contributed by atoms with E-state index in [-0.39, 0.29) is 12.5 Å². The second-order valence-electron chi connectivity index (χ2n) is 6.86. The van der Waals surface area contributed by atoms with Crippen LogP contribution in [0.5, 0.6) is 0 Å². The topological polar surface area (TPSA) is 73.0 Å². The van der Waals surface area contributed by atoms with E-state index < -0.39 is 5.82 Å². The number of aryl methyl sites for hydroxylation is 1. The number of amides is 1. The van der Waals surface area contributed by atoms with Crippen molar-refractivity contribution >= 4 is 23.2 Å². The molecule has 0 aliphatic heterocycles. The quantitative estimate of drug-likeness (QED) is 0.730. The predicted molar refractivity (Wildman–Crippen MR) is 98.4 cm³/mol. The number of benzene rings is 1. The van der Waals surface area contributed by atoms with Crippen molar-refractivity contribution < 1.29 is 13.7 Å². The van der Waals surface area contributed by atoms with Crippen molar-refractivity contribution in [2.75, 3.05) is 5.32 Å². The van der Waals surface area contributed by atoms with E-state index in [2.05, 4.69) is 22.5 Å². The first kappa shape index (κ1) is 17.7. The average Bonchev–Trinajstić information content (AvgIpc) is 3.24. The standard InChI is InChI=1S/C19H18ClFN4O2/c1-11-5-6-17-13(7-11)18(24-27-17)19(26)23-12-8-22-25(9-12)10-14-15(20)3-2-4-16(14)21/h2-4,8-9,11H,5-7,10H2,1H3,(H,23,26). The number of carbonyl (C=O) groups excluding carboxylic acids is 1. The molecule has 27 heavy (non-hydrogen) atoms. The van der Waals surface area contributed by atoms with Gasteiger partial charge in [-0.2, -0.15) is 5.10 Å². The largest absolute Gasteiger partial charge is 0.360 e. The van der Waals surface area contributed by atoms with Crippen LogP contribution in [0.4, 0.5) is 10.1 Å². The van der Waals surface area contributed by atoms with Crippen LogP contribution in [-0.4, -0.2) is 20.8 Å². The summed E-state index contributed by atoms with van der Waals surface area (Å²) in [6.07, 6.45) is 5.75. The molecule has 0 fully saturated rings. The van der Waals surface area contributed by atoms with Gasteiger partial charge in [0.1, 0.15) is 11.6 Å². The van der Waals surface area contributed by atoms with Crippen LogP contribution in [-0.2, 0) is 19.4 Å². The van der Waals surface area contributed by atoms with Crippen LogP contribution in [0, 0.1) is 11.7 Å². The van der Waals surface area contributed by atoms with Crippen molar-refractivity contribution in [3.8, 4) is 0 Å². The molecule has 1 aliphatic carbocycles. The Kier molecular flexibility index (Phi) is 4.70. The lowest BCUT2D eigenvalue weighted by Crippen LogP contribution is -2.17. The summed E-state index contributed by atoms with van der Waals surface area (Å²) in [5.74, 6) is 0.560. The van der Waals surface area contributed by atoms with Gasteiger partial charge in [0.15, 0.2) is 5.69 Å². The summed E-state index contributed by atoms with van der Waals surface area (Å²) >= 11 is 6.05. The molecule has 0 spiro atoms. The molecule has 1 N–H and O–H groups in total. The van der Waals surface area contributed by atoms with Crippen molar-refractivity contribution in [1.29, 1.82) is 0 Å². The molecule has 3 aromatic rings. The monoisotopic (exact) mass is 388 g/mol. The van der Waals surface area contributed by atoms with Crippen LogP contribution in [0.25, 0.3) is 0 Å². The Morgan fingerprint density at radius 1 is 1.48 bits per heavy atom. The van der Waals surface area contributed by atoms with Gasteiger partial charge in [-0.25, -0.2) is 4.39 Å². The molecule has 1 aliphatic rings. The van der Waals surface area contributed by atoms with Gasteiger partial charge >= 0.3 is 0 Å². The van der Waals surface area contributed by atoms with Gasteiger partial charge in [-0.3, -0.25) is 9.48 Å². The van der Waals surface area contributed by atoms with E-state index in [1.807, 2.05) is 0 Å². The number of rotatable bonds is 4. The average molecular weight is 389 g/mol. The highest BCUT2D eigenvalue weighted by atomic mass is 35.5. The molecular formula is C19H18ClFN4O2. The molecule has 0 saturated carbocycles. The van der Waals surface area contributed by atoms with Crippen molar-refractivity contribution in [3.63, 3.8) is 0 Å². The number of hydrogen-bond donors (Lipinski definition) is 1. The summed E-state index contributed by atoms with van der Waals surface area (Å²) in [6, 6.07) is 4.53. The minimum Gasteiger partial charge on any atom is -0.360 e. The molecule has 6 nitrogen and oxygen atoms in total. The van der Waals surface area contributed by atoms with Crippen molar-refractivity contribution in [2.45, 2.75) is 32.7 Å². The van der Waals surface area contributed by atoms with Crippen LogP contribution < -0.4 is 5.32 Å². The highest BCUT2D eigenvalue weighted by molar-refractivity contribution is 6.31. The van der Waals surface area contributed by atoms with Gasteiger partial charge in [-0.05, 0) is 30.9 Å². The fourth-order valence-electron chi connectivity index (χ4n) is 3.31. The summed E-state index contributed by atoms with van der Waals surface area (Å²) < 4.78 is 20.7. The van der Waals surface area contributed by atoms with Crippen LogP contribution in [0.1, 0.15) is 40.7 Å². The first-order chi connectivity index (χ1) is 13.0. The summed E-state index contributed by atoms with van der Waals surface area (Å²) in [4.78, 5) is 12.6. The van der Waals surface area contributed by atoms with Crippen molar-refractivity contribution in [1.82, 2.24) is 14.9 Å². The van der Waals surface area contributed by atoms with E-state index in [4.69, 9.17) is 16.1 Å². The first-order valence-corrected chi connectivity index (χ1v) is 9.13. The van der Waals surface area contributed by atoms with Crippen molar-refractivity contribution in [3.05, 3.63) is 64.0 Å². The first-order valence-electron chi connectivity index (χ1n) is 8.75. The molecule has 1 aromatic carbocycles. The lowest BCUT2D eigenvalue weighted by Gasteiger charge is -2.16. The molecule has 8 heteroatoms. The summed E-state index contributed by atoms with van der Waals surface area (Å²) in [5, 5.41) is 11.2. The lowest BCUT2D eigenvalue weighted by atomic mass is 9.88. The van der Waals surface area contributed by atoms with Gasteiger partial charge in [0, 0.05) is 28.8 Å². The van der Waals surface area contributed by atoms with Crippen LogP contribution in [0.3, 0.4) is 0 Å². The summed E-state index contributed by atoms with van der Waals surface area (Å²) in [7, 11) is 0. The fraction of sp³-hybridized carbons (Fsp3) is 0.316. The van der Waals surface area contributed by atoms with E-state index in [0.717, 1.165) is 30.6 Å². The number of hydrogen-bond acceptors (Lipinski definition) is 4. The van der Waals surface area contributed by atoms with E-state index >= 15 is 0 Å². The predicted octanol–water partition coefficient (Wildman–Crippen LogP) is 4.09. The zero-order valence-electron chi connectivity index (χ0n) is 14.7. The third-order valence-corrected chi connectivity index (χ3v) is 5.13. The minimum atomic E-state index is -0.396. The number of fused-ring (bicyclic) bond motifs is 1. The van der Waals surface area contributed by atoms with Crippen molar-refractivity contribution in [2.24, 2.45) is 5.92 Å². The Morgan fingerprint density at radius 3 is 3.15 bits per heavy atom.